The van der Waals surface area contributed by atoms with Gasteiger partial charge in [0.05, 0.1) is 4.92 Å². The minimum atomic E-state index is -0.417. The van der Waals surface area contributed by atoms with Gasteiger partial charge in [-0.1, -0.05) is 0 Å². The van der Waals surface area contributed by atoms with E-state index in [1.54, 1.807) is 26.2 Å². The fraction of sp³-hybridized carbons (Fsp3) is 0.462. The van der Waals surface area contributed by atoms with Crippen LogP contribution in [0.5, 0.6) is 0 Å². The Labute approximate surface area is 111 Å². The van der Waals surface area contributed by atoms with Crippen molar-refractivity contribution in [2.75, 3.05) is 32.1 Å². The third-order valence-electron chi connectivity index (χ3n) is 3.27. The third kappa shape index (κ3) is 2.67. The summed E-state index contributed by atoms with van der Waals surface area (Å²) in [5.74, 6) is -0.226. The van der Waals surface area contributed by atoms with Gasteiger partial charge in [0.15, 0.2) is 0 Å². The molecular formula is C13H17N3O3. The first-order valence-electron chi connectivity index (χ1n) is 6.26. The first-order valence-corrected chi connectivity index (χ1v) is 6.26. The maximum absolute atomic E-state index is 11.8. The highest BCUT2D eigenvalue weighted by Gasteiger charge is 2.24. The van der Waals surface area contributed by atoms with Gasteiger partial charge in [0.1, 0.15) is 5.69 Å². The number of nitro groups is 1. The molecule has 6 nitrogen and oxygen atoms in total. The maximum Gasteiger partial charge on any atom is 0.293 e. The molecule has 1 amide bonds. The molecular weight excluding hydrogens is 246 g/mol. The second kappa shape index (κ2) is 5.26. The molecule has 1 aliphatic rings. The van der Waals surface area contributed by atoms with Crippen molar-refractivity contribution in [1.82, 2.24) is 4.90 Å². The van der Waals surface area contributed by atoms with Gasteiger partial charge < -0.3 is 9.80 Å². The van der Waals surface area contributed by atoms with Crippen LogP contribution in [0.4, 0.5) is 11.4 Å². The number of amides is 1. The van der Waals surface area contributed by atoms with Crippen molar-refractivity contribution in [2.45, 2.75) is 12.8 Å². The third-order valence-corrected chi connectivity index (χ3v) is 3.27. The second-order valence-electron chi connectivity index (χ2n) is 4.85. The summed E-state index contributed by atoms with van der Waals surface area (Å²) in [6.07, 6.45) is 2.10. The van der Waals surface area contributed by atoms with Crippen LogP contribution in [-0.4, -0.2) is 42.9 Å². The van der Waals surface area contributed by atoms with Gasteiger partial charge in [-0.05, 0) is 25.0 Å². The van der Waals surface area contributed by atoms with Crippen LogP contribution in [-0.2, 0) is 0 Å². The molecule has 0 radical (unpaired) electrons. The summed E-state index contributed by atoms with van der Waals surface area (Å²) in [5, 5.41) is 11.2. The predicted molar refractivity (Wildman–Crippen MR) is 72.6 cm³/mol. The number of anilines is 1. The molecule has 102 valence electrons. The lowest BCUT2D eigenvalue weighted by Gasteiger charge is -2.18. The van der Waals surface area contributed by atoms with E-state index in [1.807, 2.05) is 4.90 Å². The number of hydrogen-bond donors (Lipinski definition) is 0. The van der Waals surface area contributed by atoms with Crippen molar-refractivity contribution in [2.24, 2.45) is 0 Å². The Morgan fingerprint density at radius 3 is 2.47 bits per heavy atom. The fourth-order valence-corrected chi connectivity index (χ4v) is 2.29. The highest BCUT2D eigenvalue weighted by molar-refractivity contribution is 5.95. The zero-order valence-electron chi connectivity index (χ0n) is 11.1. The summed E-state index contributed by atoms with van der Waals surface area (Å²) < 4.78 is 0. The van der Waals surface area contributed by atoms with Gasteiger partial charge in [-0.15, -0.1) is 0 Å². The van der Waals surface area contributed by atoms with Gasteiger partial charge in [-0.3, -0.25) is 14.9 Å². The van der Waals surface area contributed by atoms with Crippen molar-refractivity contribution >= 4 is 17.3 Å². The molecule has 0 aliphatic carbocycles. The fourth-order valence-electron chi connectivity index (χ4n) is 2.29. The van der Waals surface area contributed by atoms with Gasteiger partial charge in [0.2, 0.25) is 0 Å². The standard InChI is InChI=1S/C13H17N3O3/c1-14(2)13(17)10-5-6-11(12(9-10)16(18)19)15-7-3-4-8-15/h5-6,9H,3-4,7-8H2,1-2H3. The van der Waals surface area contributed by atoms with Gasteiger partial charge in [-0.25, -0.2) is 0 Å². The molecule has 0 N–H and O–H groups in total. The van der Waals surface area contributed by atoms with Crippen molar-refractivity contribution in [1.29, 1.82) is 0 Å². The minimum absolute atomic E-state index is 0.00889. The smallest absolute Gasteiger partial charge is 0.293 e. The van der Waals surface area contributed by atoms with E-state index < -0.39 is 4.92 Å². The molecule has 1 aliphatic heterocycles. The largest absolute Gasteiger partial charge is 0.366 e. The summed E-state index contributed by atoms with van der Waals surface area (Å²) >= 11 is 0. The van der Waals surface area contributed by atoms with Crippen LogP contribution in [0.25, 0.3) is 0 Å². The molecule has 19 heavy (non-hydrogen) atoms. The van der Waals surface area contributed by atoms with E-state index in [4.69, 9.17) is 0 Å². The van der Waals surface area contributed by atoms with Crippen molar-refractivity contribution in [3.8, 4) is 0 Å². The average Bonchev–Trinajstić information content (AvgIpc) is 2.90. The van der Waals surface area contributed by atoms with E-state index in [9.17, 15) is 14.9 Å². The Bertz CT molecular complexity index is 508. The summed E-state index contributed by atoms with van der Waals surface area (Å²) in [6.45, 7) is 1.67. The van der Waals surface area contributed by atoms with E-state index in [1.165, 1.54) is 11.0 Å². The molecule has 0 unspecified atom stereocenters. The Morgan fingerprint density at radius 1 is 1.32 bits per heavy atom. The number of rotatable bonds is 3. The van der Waals surface area contributed by atoms with Crippen LogP contribution < -0.4 is 4.90 Å². The van der Waals surface area contributed by atoms with Crippen LogP contribution in [0.15, 0.2) is 18.2 Å². The molecule has 0 atom stereocenters. The molecule has 1 saturated heterocycles. The SMILES string of the molecule is CN(C)C(=O)c1ccc(N2CCCC2)c([N+](=O)[O-])c1. The molecule has 0 aromatic heterocycles. The number of nitro benzene ring substituents is 1. The van der Waals surface area contributed by atoms with Crippen LogP contribution >= 0.6 is 0 Å². The maximum atomic E-state index is 11.8. The summed E-state index contributed by atoms with van der Waals surface area (Å²) in [5.41, 5.74) is 0.965. The molecule has 1 heterocycles. The van der Waals surface area contributed by atoms with E-state index in [0.717, 1.165) is 25.9 Å². The lowest BCUT2D eigenvalue weighted by molar-refractivity contribution is -0.384. The number of carbonyl (C=O) groups is 1. The Balaban J connectivity index is 2.40. The number of nitrogens with zero attached hydrogens (tertiary/aromatic N) is 3. The van der Waals surface area contributed by atoms with E-state index >= 15 is 0 Å². The zero-order chi connectivity index (χ0) is 14.0. The lowest BCUT2D eigenvalue weighted by atomic mass is 10.1. The summed E-state index contributed by atoms with van der Waals surface area (Å²) in [6, 6.07) is 4.71. The van der Waals surface area contributed by atoms with Crippen LogP contribution in [0.3, 0.4) is 0 Å². The molecule has 1 aromatic carbocycles. The lowest BCUT2D eigenvalue weighted by Crippen LogP contribution is -2.23. The van der Waals surface area contributed by atoms with E-state index in [-0.39, 0.29) is 11.6 Å². The number of carbonyl (C=O) groups excluding carboxylic acids is 1. The van der Waals surface area contributed by atoms with Crippen molar-refractivity contribution in [3.05, 3.63) is 33.9 Å². The van der Waals surface area contributed by atoms with Crippen molar-refractivity contribution in [3.63, 3.8) is 0 Å². The minimum Gasteiger partial charge on any atom is -0.366 e. The summed E-state index contributed by atoms with van der Waals surface area (Å²) in [4.78, 5) is 26.0. The highest BCUT2D eigenvalue weighted by Crippen LogP contribution is 2.31. The molecule has 6 heteroatoms. The quantitative estimate of drug-likeness (QED) is 0.617. The zero-order valence-corrected chi connectivity index (χ0v) is 11.1. The molecule has 0 bridgehead atoms. The van der Waals surface area contributed by atoms with Gasteiger partial charge in [-0.2, -0.15) is 0 Å². The van der Waals surface area contributed by atoms with Crippen LogP contribution in [0, 0.1) is 10.1 Å². The monoisotopic (exact) mass is 263 g/mol. The van der Waals surface area contributed by atoms with Gasteiger partial charge >= 0.3 is 0 Å². The van der Waals surface area contributed by atoms with E-state index in [2.05, 4.69) is 0 Å². The summed E-state index contributed by atoms with van der Waals surface area (Å²) in [7, 11) is 3.26. The Hall–Kier alpha value is -2.11. The van der Waals surface area contributed by atoms with Crippen LogP contribution in [0.1, 0.15) is 23.2 Å². The molecule has 0 spiro atoms. The molecule has 2 rings (SSSR count). The molecule has 0 saturated carbocycles. The van der Waals surface area contributed by atoms with Gasteiger partial charge in [0, 0.05) is 38.8 Å². The topological polar surface area (TPSA) is 66.7 Å². The molecule has 1 aromatic rings. The van der Waals surface area contributed by atoms with Crippen molar-refractivity contribution < 1.29 is 9.72 Å². The van der Waals surface area contributed by atoms with Crippen LogP contribution in [0.2, 0.25) is 0 Å². The highest BCUT2D eigenvalue weighted by atomic mass is 16.6. The normalized spacial score (nSPS) is 14.5. The predicted octanol–water partition coefficient (Wildman–Crippen LogP) is 1.90. The first-order chi connectivity index (χ1) is 9.00. The van der Waals surface area contributed by atoms with E-state index in [0.29, 0.717) is 11.3 Å². The second-order valence-corrected chi connectivity index (χ2v) is 4.85. The first kappa shape index (κ1) is 13.3. The number of hydrogen-bond acceptors (Lipinski definition) is 4. The number of benzene rings is 1. The Morgan fingerprint density at radius 2 is 1.95 bits per heavy atom. The van der Waals surface area contributed by atoms with Gasteiger partial charge in [0.25, 0.3) is 11.6 Å². The molecule has 1 fully saturated rings. The Kier molecular flexibility index (Phi) is 3.69. The average molecular weight is 263 g/mol.